The van der Waals surface area contributed by atoms with Crippen LogP contribution < -0.4 is 0 Å². The summed E-state index contributed by atoms with van der Waals surface area (Å²) in [6.07, 6.45) is 1.14. The number of nitrogens with zero attached hydrogens (tertiary/aromatic N) is 1. The van der Waals surface area contributed by atoms with Crippen LogP contribution in [-0.4, -0.2) is 43.3 Å². The van der Waals surface area contributed by atoms with E-state index in [0.717, 1.165) is 0 Å². The lowest BCUT2D eigenvalue weighted by Crippen LogP contribution is -2.42. The summed E-state index contributed by atoms with van der Waals surface area (Å²) in [5.41, 5.74) is 0.00486. The van der Waals surface area contributed by atoms with Gasteiger partial charge in [-0.25, -0.2) is 12.8 Å². The molecule has 0 saturated carbocycles. The van der Waals surface area contributed by atoms with Crippen molar-refractivity contribution < 1.29 is 17.6 Å². The standard InChI is InChI=1S/C14H18FNO3S/c1-2-8-16(11-7-9-20(18,19)10-11)14(17)12-5-3-4-6-13(12)15/h3-6,11H,2,7-10H2,1H3/t11-/m1/s1. The molecule has 1 saturated heterocycles. The first kappa shape index (κ1) is 15.0. The van der Waals surface area contributed by atoms with Gasteiger partial charge in [-0.15, -0.1) is 0 Å². The molecule has 2 rings (SSSR count). The van der Waals surface area contributed by atoms with Crippen molar-refractivity contribution in [1.82, 2.24) is 4.90 Å². The van der Waals surface area contributed by atoms with Gasteiger partial charge in [0.1, 0.15) is 5.82 Å². The zero-order valence-corrected chi connectivity index (χ0v) is 12.2. The normalized spacial score (nSPS) is 20.8. The molecule has 1 aromatic carbocycles. The predicted molar refractivity (Wildman–Crippen MR) is 74.8 cm³/mol. The Balaban J connectivity index is 2.25. The summed E-state index contributed by atoms with van der Waals surface area (Å²) in [7, 11) is -3.07. The number of halogens is 1. The fourth-order valence-electron chi connectivity index (χ4n) is 2.50. The molecule has 0 aliphatic carbocycles. The molecule has 0 aromatic heterocycles. The van der Waals surface area contributed by atoms with E-state index in [1.165, 1.54) is 23.1 Å². The summed E-state index contributed by atoms with van der Waals surface area (Å²) in [5, 5.41) is 0. The molecule has 0 spiro atoms. The fraction of sp³-hybridized carbons (Fsp3) is 0.500. The van der Waals surface area contributed by atoms with E-state index in [9.17, 15) is 17.6 Å². The molecule has 1 fully saturated rings. The molecule has 1 aliphatic rings. The van der Waals surface area contributed by atoms with E-state index in [-0.39, 0.29) is 23.1 Å². The Bertz CT molecular complexity index is 600. The van der Waals surface area contributed by atoms with Crippen LogP contribution in [0.15, 0.2) is 24.3 Å². The van der Waals surface area contributed by atoms with Crippen LogP contribution in [0, 0.1) is 5.82 Å². The first-order valence-corrected chi connectivity index (χ1v) is 8.52. The molecule has 1 atom stereocenters. The van der Waals surface area contributed by atoms with Crippen LogP contribution in [0.5, 0.6) is 0 Å². The molecule has 0 unspecified atom stereocenters. The lowest BCUT2D eigenvalue weighted by atomic mass is 10.1. The number of carbonyl (C=O) groups excluding carboxylic acids is 1. The molecule has 1 heterocycles. The number of amides is 1. The molecular weight excluding hydrogens is 281 g/mol. The largest absolute Gasteiger partial charge is 0.335 e. The number of rotatable bonds is 4. The summed E-state index contributed by atoms with van der Waals surface area (Å²) in [6, 6.07) is 5.46. The van der Waals surface area contributed by atoms with Crippen LogP contribution in [0.4, 0.5) is 4.39 Å². The lowest BCUT2D eigenvalue weighted by Gasteiger charge is -2.28. The molecule has 0 bridgehead atoms. The summed E-state index contributed by atoms with van der Waals surface area (Å²) in [4.78, 5) is 13.9. The highest BCUT2D eigenvalue weighted by Gasteiger charge is 2.35. The van der Waals surface area contributed by atoms with E-state index in [0.29, 0.717) is 19.4 Å². The van der Waals surface area contributed by atoms with Crippen LogP contribution in [0.3, 0.4) is 0 Å². The first-order valence-electron chi connectivity index (χ1n) is 6.70. The average Bonchev–Trinajstić information content (AvgIpc) is 2.76. The molecule has 4 nitrogen and oxygen atoms in total. The summed E-state index contributed by atoms with van der Waals surface area (Å²) in [5.74, 6) is -0.915. The zero-order chi connectivity index (χ0) is 14.8. The van der Waals surface area contributed by atoms with Crippen molar-refractivity contribution >= 4 is 15.7 Å². The Kier molecular flexibility index (Phi) is 4.42. The number of benzene rings is 1. The van der Waals surface area contributed by atoms with E-state index in [4.69, 9.17) is 0 Å². The van der Waals surface area contributed by atoms with Crippen molar-refractivity contribution in [3.63, 3.8) is 0 Å². The van der Waals surface area contributed by atoms with Gasteiger partial charge >= 0.3 is 0 Å². The van der Waals surface area contributed by atoms with Crippen LogP contribution in [0.2, 0.25) is 0 Å². The van der Waals surface area contributed by atoms with Crippen LogP contribution in [0.25, 0.3) is 0 Å². The van der Waals surface area contributed by atoms with Crippen molar-refractivity contribution in [2.75, 3.05) is 18.1 Å². The van der Waals surface area contributed by atoms with Gasteiger partial charge in [0.05, 0.1) is 17.1 Å². The minimum Gasteiger partial charge on any atom is -0.335 e. The number of carbonyl (C=O) groups is 1. The maximum Gasteiger partial charge on any atom is 0.257 e. The van der Waals surface area contributed by atoms with Gasteiger partial charge in [-0.1, -0.05) is 19.1 Å². The molecule has 0 N–H and O–H groups in total. The molecule has 110 valence electrons. The Hall–Kier alpha value is -1.43. The molecule has 20 heavy (non-hydrogen) atoms. The maximum absolute atomic E-state index is 13.7. The zero-order valence-electron chi connectivity index (χ0n) is 11.4. The Labute approximate surface area is 118 Å². The molecular formula is C14H18FNO3S. The van der Waals surface area contributed by atoms with Crippen molar-refractivity contribution in [2.24, 2.45) is 0 Å². The van der Waals surface area contributed by atoms with Gasteiger partial charge in [0, 0.05) is 12.6 Å². The average molecular weight is 299 g/mol. The Morgan fingerprint density at radius 1 is 1.40 bits per heavy atom. The second-order valence-electron chi connectivity index (χ2n) is 5.04. The molecule has 0 radical (unpaired) electrons. The van der Waals surface area contributed by atoms with Crippen LogP contribution in [-0.2, 0) is 9.84 Å². The van der Waals surface area contributed by atoms with E-state index in [1.54, 1.807) is 6.07 Å². The SMILES string of the molecule is CCCN(C(=O)c1ccccc1F)[C@@H]1CCS(=O)(=O)C1. The third kappa shape index (κ3) is 3.17. The number of hydrogen-bond acceptors (Lipinski definition) is 3. The topological polar surface area (TPSA) is 54.5 Å². The molecule has 1 aliphatic heterocycles. The molecule has 6 heteroatoms. The summed E-state index contributed by atoms with van der Waals surface area (Å²) in [6.45, 7) is 2.35. The van der Waals surface area contributed by atoms with Crippen LogP contribution in [0.1, 0.15) is 30.1 Å². The third-order valence-electron chi connectivity index (χ3n) is 3.48. The second-order valence-corrected chi connectivity index (χ2v) is 7.26. The van der Waals surface area contributed by atoms with E-state index in [2.05, 4.69) is 0 Å². The molecule has 1 amide bonds. The smallest absolute Gasteiger partial charge is 0.257 e. The number of sulfone groups is 1. The second kappa shape index (κ2) is 5.91. The van der Waals surface area contributed by atoms with Gasteiger partial charge in [0.25, 0.3) is 5.91 Å². The van der Waals surface area contributed by atoms with Crippen molar-refractivity contribution in [2.45, 2.75) is 25.8 Å². The number of hydrogen-bond donors (Lipinski definition) is 0. The van der Waals surface area contributed by atoms with E-state index >= 15 is 0 Å². The van der Waals surface area contributed by atoms with Crippen molar-refractivity contribution in [3.8, 4) is 0 Å². The van der Waals surface area contributed by atoms with Gasteiger partial charge in [-0.2, -0.15) is 0 Å². The quantitative estimate of drug-likeness (QED) is 0.853. The van der Waals surface area contributed by atoms with Gasteiger partial charge in [0.2, 0.25) is 0 Å². The van der Waals surface area contributed by atoms with E-state index < -0.39 is 21.6 Å². The summed E-state index contributed by atoms with van der Waals surface area (Å²) < 4.78 is 36.8. The Morgan fingerprint density at radius 2 is 2.10 bits per heavy atom. The third-order valence-corrected chi connectivity index (χ3v) is 5.23. The highest BCUT2D eigenvalue weighted by Crippen LogP contribution is 2.21. The maximum atomic E-state index is 13.7. The van der Waals surface area contributed by atoms with Gasteiger partial charge in [-0.05, 0) is 25.0 Å². The summed E-state index contributed by atoms with van der Waals surface area (Å²) >= 11 is 0. The first-order chi connectivity index (χ1) is 9.44. The lowest BCUT2D eigenvalue weighted by molar-refractivity contribution is 0.0692. The van der Waals surface area contributed by atoms with Crippen molar-refractivity contribution in [1.29, 1.82) is 0 Å². The Morgan fingerprint density at radius 3 is 2.65 bits per heavy atom. The fourth-order valence-corrected chi connectivity index (χ4v) is 4.23. The minimum atomic E-state index is -3.07. The van der Waals surface area contributed by atoms with Gasteiger partial charge < -0.3 is 4.90 Å². The minimum absolute atomic E-state index is 0.00486. The van der Waals surface area contributed by atoms with Gasteiger partial charge in [-0.3, -0.25) is 4.79 Å². The predicted octanol–water partition coefficient (Wildman–Crippen LogP) is 1.86. The van der Waals surface area contributed by atoms with E-state index in [1.807, 2.05) is 6.92 Å². The van der Waals surface area contributed by atoms with Gasteiger partial charge in [0.15, 0.2) is 9.84 Å². The highest BCUT2D eigenvalue weighted by atomic mass is 32.2. The van der Waals surface area contributed by atoms with Crippen molar-refractivity contribution in [3.05, 3.63) is 35.6 Å². The molecule has 1 aromatic rings. The van der Waals surface area contributed by atoms with Crippen LogP contribution >= 0.6 is 0 Å². The monoisotopic (exact) mass is 299 g/mol. The highest BCUT2D eigenvalue weighted by molar-refractivity contribution is 7.91.